The Labute approximate surface area is 155 Å². The first kappa shape index (κ1) is 17.0. The van der Waals surface area contributed by atoms with Crippen LogP contribution < -0.4 is 5.32 Å². The maximum atomic E-state index is 12.9. The zero-order valence-corrected chi connectivity index (χ0v) is 14.5. The SMILES string of the molecule is O=C(N[C@@]1(C(=O)O)CCCc2ccccc21)c1cccc(-n2cnnc2)c1. The molecule has 0 fully saturated rings. The monoisotopic (exact) mass is 362 g/mol. The number of aryl methyl sites for hydroxylation is 1. The molecule has 0 aliphatic heterocycles. The summed E-state index contributed by atoms with van der Waals surface area (Å²) in [6.45, 7) is 0. The molecule has 3 aromatic rings. The standard InChI is InChI=1S/C20H18N4O3/c25-18(15-6-3-8-16(11-15)24-12-21-22-13-24)23-20(19(26)27)10-4-7-14-5-1-2-9-17(14)20/h1-3,5-6,8-9,11-13H,4,7,10H2,(H,23,25)(H,26,27)/t20-/m0/s1. The van der Waals surface area contributed by atoms with E-state index in [0.29, 0.717) is 24.0 Å². The Morgan fingerprint density at radius 1 is 1.07 bits per heavy atom. The third-order valence-corrected chi connectivity index (χ3v) is 4.99. The van der Waals surface area contributed by atoms with Crippen molar-refractivity contribution in [2.24, 2.45) is 0 Å². The number of rotatable bonds is 4. The molecule has 136 valence electrons. The summed E-state index contributed by atoms with van der Waals surface area (Å²) in [5.41, 5.74) is 1.31. The molecule has 1 aliphatic rings. The van der Waals surface area contributed by atoms with Gasteiger partial charge in [-0.15, -0.1) is 10.2 Å². The zero-order chi connectivity index (χ0) is 18.9. The fourth-order valence-corrected chi connectivity index (χ4v) is 3.65. The van der Waals surface area contributed by atoms with Crippen LogP contribution in [0.25, 0.3) is 5.69 Å². The highest BCUT2D eigenvalue weighted by Gasteiger charge is 2.45. The van der Waals surface area contributed by atoms with Crippen LogP contribution in [0, 0.1) is 0 Å². The first-order chi connectivity index (χ1) is 13.1. The first-order valence-corrected chi connectivity index (χ1v) is 8.69. The van der Waals surface area contributed by atoms with Gasteiger partial charge in [0.25, 0.3) is 5.91 Å². The van der Waals surface area contributed by atoms with Crippen LogP contribution in [0.1, 0.15) is 34.3 Å². The Kier molecular flexibility index (Phi) is 4.19. The lowest BCUT2D eigenvalue weighted by atomic mass is 9.76. The molecule has 1 aliphatic carbocycles. The van der Waals surface area contributed by atoms with Gasteiger partial charge in [0.15, 0.2) is 5.54 Å². The van der Waals surface area contributed by atoms with Gasteiger partial charge < -0.3 is 10.4 Å². The molecule has 1 atom stereocenters. The van der Waals surface area contributed by atoms with Crippen LogP contribution in [0.15, 0.2) is 61.2 Å². The van der Waals surface area contributed by atoms with E-state index in [1.54, 1.807) is 34.9 Å². The molecule has 0 spiro atoms. The maximum Gasteiger partial charge on any atom is 0.334 e. The largest absolute Gasteiger partial charge is 0.479 e. The zero-order valence-electron chi connectivity index (χ0n) is 14.5. The van der Waals surface area contributed by atoms with Gasteiger partial charge in [0.2, 0.25) is 0 Å². The van der Waals surface area contributed by atoms with Gasteiger partial charge in [0, 0.05) is 11.3 Å². The Hall–Kier alpha value is -3.48. The summed E-state index contributed by atoms with van der Waals surface area (Å²) >= 11 is 0. The molecule has 27 heavy (non-hydrogen) atoms. The number of nitrogens with one attached hydrogen (secondary N) is 1. The van der Waals surface area contributed by atoms with E-state index in [9.17, 15) is 14.7 Å². The molecule has 0 saturated heterocycles. The van der Waals surface area contributed by atoms with E-state index >= 15 is 0 Å². The lowest BCUT2D eigenvalue weighted by Gasteiger charge is -2.36. The number of amides is 1. The van der Waals surface area contributed by atoms with Crippen molar-refractivity contribution in [3.8, 4) is 5.69 Å². The summed E-state index contributed by atoms with van der Waals surface area (Å²) in [5, 5.41) is 20.3. The molecule has 2 N–H and O–H groups in total. The number of benzene rings is 2. The number of nitrogens with zero attached hydrogens (tertiary/aromatic N) is 3. The van der Waals surface area contributed by atoms with E-state index in [0.717, 1.165) is 17.7 Å². The lowest BCUT2D eigenvalue weighted by molar-refractivity contribution is -0.145. The van der Waals surface area contributed by atoms with E-state index in [1.165, 1.54) is 12.7 Å². The van der Waals surface area contributed by atoms with Crippen molar-refractivity contribution < 1.29 is 14.7 Å². The number of hydrogen-bond acceptors (Lipinski definition) is 4. The first-order valence-electron chi connectivity index (χ1n) is 8.69. The molecule has 0 radical (unpaired) electrons. The number of aromatic nitrogens is 3. The molecule has 0 unspecified atom stereocenters. The summed E-state index contributed by atoms with van der Waals surface area (Å²) in [7, 11) is 0. The maximum absolute atomic E-state index is 12.9. The Balaban J connectivity index is 1.69. The summed E-state index contributed by atoms with van der Waals surface area (Å²) in [6, 6.07) is 14.3. The predicted octanol–water partition coefficient (Wildman–Crippen LogP) is 2.31. The van der Waals surface area contributed by atoms with E-state index < -0.39 is 17.4 Å². The van der Waals surface area contributed by atoms with E-state index in [-0.39, 0.29) is 0 Å². The molecule has 1 heterocycles. The number of carboxylic acid groups (broad SMARTS) is 1. The molecule has 4 rings (SSSR count). The van der Waals surface area contributed by atoms with Crippen molar-refractivity contribution in [1.29, 1.82) is 0 Å². The number of carbonyl (C=O) groups excluding carboxylic acids is 1. The van der Waals surface area contributed by atoms with E-state index in [1.807, 2.05) is 18.2 Å². The minimum atomic E-state index is -1.42. The van der Waals surface area contributed by atoms with Crippen LogP contribution in [0.3, 0.4) is 0 Å². The van der Waals surface area contributed by atoms with Gasteiger partial charge in [-0.3, -0.25) is 9.36 Å². The van der Waals surface area contributed by atoms with Crippen molar-refractivity contribution in [2.45, 2.75) is 24.8 Å². The van der Waals surface area contributed by atoms with Gasteiger partial charge in [-0.05, 0) is 48.6 Å². The van der Waals surface area contributed by atoms with Crippen LogP contribution in [0.2, 0.25) is 0 Å². The van der Waals surface area contributed by atoms with Crippen molar-refractivity contribution in [3.63, 3.8) is 0 Å². The Bertz CT molecular complexity index is 1000. The lowest BCUT2D eigenvalue weighted by Crippen LogP contribution is -2.53. The molecule has 2 aromatic carbocycles. The van der Waals surface area contributed by atoms with E-state index in [2.05, 4.69) is 15.5 Å². The number of aliphatic carboxylic acids is 1. The fraction of sp³-hybridized carbons (Fsp3) is 0.200. The van der Waals surface area contributed by atoms with Crippen molar-refractivity contribution in [3.05, 3.63) is 77.9 Å². The second-order valence-corrected chi connectivity index (χ2v) is 6.59. The van der Waals surface area contributed by atoms with Gasteiger partial charge >= 0.3 is 5.97 Å². The average molecular weight is 362 g/mol. The van der Waals surface area contributed by atoms with Crippen LogP contribution >= 0.6 is 0 Å². The minimum absolute atomic E-state index is 0.357. The molecular weight excluding hydrogens is 344 g/mol. The van der Waals surface area contributed by atoms with E-state index in [4.69, 9.17) is 0 Å². The van der Waals surface area contributed by atoms with Crippen molar-refractivity contribution >= 4 is 11.9 Å². The molecule has 7 nitrogen and oxygen atoms in total. The smallest absolute Gasteiger partial charge is 0.334 e. The number of carboxylic acids is 1. The van der Waals surface area contributed by atoms with Crippen LogP contribution in [0.4, 0.5) is 0 Å². The normalized spacial score (nSPS) is 18.5. The third kappa shape index (κ3) is 2.97. The van der Waals surface area contributed by atoms with Crippen LogP contribution in [0.5, 0.6) is 0 Å². The Morgan fingerprint density at radius 2 is 1.85 bits per heavy atom. The van der Waals surface area contributed by atoms with Crippen LogP contribution in [-0.2, 0) is 16.8 Å². The minimum Gasteiger partial charge on any atom is -0.479 e. The summed E-state index contributed by atoms with van der Waals surface area (Å²) in [4.78, 5) is 25.2. The molecule has 7 heteroatoms. The van der Waals surface area contributed by atoms with Gasteiger partial charge in [-0.25, -0.2) is 4.79 Å². The number of hydrogen-bond donors (Lipinski definition) is 2. The summed E-state index contributed by atoms with van der Waals surface area (Å²) < 4.78 is 1.68. The fourth-order valence-electron chi connectivity index (χ4n) is 3.65. The molecule has 0 saturated carbocycles. The van der Waals surface area contributed by atoms with Gasteiger partial charge in [0.05, 0.1) is 0 Å². The molecule has 1 aromatic heterocycles. The second-order valence-electron chi connectivity index (χ2n) is 6.59. The van der Waals surface area contributed by atoms with Gasteiger partial charge in [-0.2, -0.15) is 0 Å². The quantitative estimate of drug-likeness (QED) is 0.742. The number of carbonyl (C=O) groups is 2. The third-order valence-electron chi connectivity index (χ3n) is 4.99. The average Bonchev–Trinajstić information content (AvgIpc) is 3.23. The van der Waals surface area contributed by atoms with Gasteiger partial charge in [-0.1, -0.05) is 30.3 Å². The molecule has 1 amide bonds. The van der Waals surface area contributed by atoms with Crippen LogP contribution in [-0.4, -0.2) is 31.7 Å². The second kappa shape index (κ2) is 6.68. The molecule has 0 bridgehead atoms. The highest BCUT2D eigenvalue weighted by atomic mass is 16.4. The summed E-state index contributed by atoms with van der Waals surface area (Å²) in [5.74, 6) is -1.47. The van der Waals surface area contributed by atoms with Gasteiger partial charge in [0.1, 0.15) is 12.7 Å². The highest BCUT2D eigenvalue weighted by Crippen LogP contribution is 2.36. The topological polar surface area (TPSA) is 97.1 Å². The Morgan fingerprint density at radius 3 is 2.63 bits per heavy atom. The predicted molar refractivity (Wildman–Crippen MR) is 97.5 cm³/mol. The van der Waals surface area contributed by atoms with Crippen molar-refractivity contribution in [1.82, 2.24) is 20.1 Å². The summed E-state index contributed by atoms with van der Waals surface area (Å²) in [6.07, 6.45) is 4.94. The van der Waals surface area contributed by atoms with Crippen molar-refractivity contribution in [2.75, 3.05) is 0 Å². The highest BCUT2D eigenvalue weighted by molar-refractivity contribution is 5.98. The number of fused-ring (bicyclic) bond motifs is 1. The molecular formula is C20H18N4O3.